The quantitative estimate of drug-likeness (QED) is 0.450. The molecule has 0 spiro atoms. The molecule has 1 N–H and O–H groups in total. The molecule has 2 atom stereocenters. The molecule has 2 rings (SSSR count). The summed E-state index contributed by atoms with van der Waals surface area (Å²) >= 11 is 0. The van der Waals surface area contributed by atoms with Gasteiger partial charge < -0.3 is 14.6 Å². The summed E-state index contributed by atoms with van der Waals surface area (Å²) in [6, 6.07) is 19.9. The summed E-state index contributed by atoms with van der Waals surface area (Å²) < 4.78 is 10.6. The molecule has 0 saturated carbocycles. The highest BCUT2D eigenvalue weighted by Gasteiger charge is 2.27. The van der Waals surface area contributed by atoms with Gasteiger partial charge in [-0.1, -0.05) is 73.5 Å². The fraction of sp³-hybridized carbons (Fsp3) is 0.435. The van der Waals surface area contributed by atoms with E-state index >= 15 is 0 Å². The molecule has 0 aromatic heterocycles. The minimum atomic E-state index is -0.692. The van der Waals surface area contributed by atoms with E-state index in [1.807, 2.05) is 48.5 Å². The number of rotatable bonds is 12. The number of methoxy groups -OCH3 is 1. The Bertz CT molecular complexity index is 642. The molecule has 0 aliphatic heterocycles. The molecule has 146 valence electrons. The number of benzene rings is 2. The van der Waals surface area contributed by atoms with Gasteiger partial charge in [0.25, 0.3) is 0 Å². The summed E-state index contributed by atoms with van der Waals surface area (Å²) in [5.74, 6) is -0.871. The van der Waals surface area contributed by atoms with Crippen LogP contribution in [-0.2, 0) is 27.3 Å². The average molecular weight is 370 g/mol. The van der Waals surface area contributed by atoms with E-state index < -0.39 is 12.0 Å². The normalized spacial score (nSPS) is 13.1. The fourth-order valence-corrected chi connectivity index (χ4v) is 3.10. The number of ether oxygens (including phenoxy) is 2. The second kappa shape index (κ2) is 12.3. The van der Waals surface area contributed by atoms with Gasteiger partial charge in [0.1, 0.15) is 0 Å². The van der Waals surface area contributed by atoms with Gasteiger partial charge in [0, 0.05) is 6.61 Å². The van der Waals surface area contributed by atoms with Gasteiger partial charge in [-0.3, -0.25) is 4.79 Å². The van der Waals surface area contributed by atoms with Crippen molar-refractivity contribution in [2.45, 2.75) is 44.8 Å². The van der Waals surface area contributed by atoms with Crippen molar-refractivity contribution < 1.29 is 19.4 Å². The molecule has 0 aliphatic carbocycles. The van der Waals surface area contributed by atoms with Crippen LogP contribution < -0.4 is 0 Å². The molecule has 27 heavy (non-hydrogen) atoms. The van der Waals surface area contributed by atoms with E-state index in [2.05, 4.69) is 12.1 Å². The molecule has 0 heterocycles. The maximum absolute atomic E-state index is 12.1. The van der Waals surface area contributed by atoms with E-state index in [0.717, 1.165) is 24.8 Å². The second-order valence-corrected chi connectivity index (χ2v) is 6.77. The first-order valence-electron chi connectivity index (χ1n) is 9.62. The van der Waals surface area contributed by atoms with Crippen molar-refractivity contribution in [3.63, 3.8) is 0 Å². The number of aliphatic hydroxyl groups excluding tert-OH is 1. The first-order chi connectivity index (χ1) is 13.2. The van der Waals surface area contributed by atoms with Gasteiger partial charge in [-0.05, 0) is 30.4 Å². The predicted molar refractivity (Wildman–Crippen MR) is 106 cm³/mol. The number of hydrogen-bond donors (Lipinski definition) is 1. The molecule has 0 fully saturated rings. The number of esters is 1. The lowest BCUT2D eigenvalue weighted by atomic mass is 9.91. The van der Waals surface area contributed by atoms with Crippen LogP contribution in [0.15, 0.2) is 60.7 Å². The van der Waals surface area contributed by atoms with Crippen LogP contribution in [0.1, 0.15) is 36.8 Å². The Hall–Kier alpha value is -2.17. The van der Waals surface area contributed by atoms with E-state index in [1.54, 1.807) is 0 Å². The van der Waals surface area contributed by atoms with Gasteiger partial charge in [-0.15, -0.1) is 0 Å². The van der Waals surface area contributed by atoms with Crippen LogP contribution in [0.4, 0.5) is 0 Å². The average Bonchev–Trinajstić information content (AvgIpc) is 2.72. The first-order valence-corrected chi connectivity index (χ1v) is 9.62. The smallest absolute Gasteiger partial charge is 0.311 e. The van der Waals surface area contributed by atoms with Crippen LogP contribution in [0.5, 0.6) is 0 Å². The van der Waals surface area contributed by atoms with Gasteiger partial charge in [0.2, 0.25) is 0 Å². The molecule has 0 saturated heterocycles. The zero-order chi connectivity index (χ0) is 19.3. The van der Waals surface area contributed by atoms with Crippen molar-refractivity contribution >= 4 is 5.97 Å². The third kappa shape index (κ3) is 7.94. The highest BCUT2D eigenvalue weighted by atomic mass is 16.5. The zero-order valence-electron chi connectivity index (χ0n) is 16.0. The van der Waals surface area contributed by atoms with Crippen molar-refractivity contribution in [1.82, 2.24) is 0 Å². The number of carbonyl (C=O) groups is 1. The minimum Gasteiger partial charge on any atom is -0.469 e. The highest BCUT2D eigenvalue weighted by molar-refractivity contribution is 5.73. The SMILES string of the molecule is COC(=O)C(Cc1ccccc1)C(O)CCCCCOCc1ccccc1. The topological polar surface area (TPSA) is 55.8 Å². The van der Waals surface area contributed by atoms with Crippen LogP contribution in [0.2, 0.25) is 0 Å². The van der Waals surface area contributed by atoms with Crippen LogP contribution in [0.25, 0.3) is 0 Å². The first kappa shape index (κ1) is 21.1. The lowest BCUT2D eigenvalue weighted by Gasteiger charge is -2.21. The Morgan fingerprint density at radius 2 is 1.56 bits per heavy atom. The fourth-order valence-electron chi connectivity index (χ4n) is 3.10. The van der Waals surface area contributed by atoms with Crippen molar-refractivity contribution in [3.05, 3.63) is 71.8 Å². The van der Waals surface area contributed by atoms with E-state index in [4.69, 9.17) is 9.47 Å². The summed E-state index contributed by atoms with van der Waals surface area (Å²) in [7, 11) is 1.37. The van der Waals surface area contributed by atoms with Crippen molar-refractivity contribution in [3.8, 4) is 0 Å². The molecule has 0 bridgehead atoms. The molecule has 4 nitrogen and oxygen atoms in total. The Morgan fingerprint density at radius 1 is 0.926 bits per heavy atom. The lowest BCUT2D eigenvalue weighted by molar-refractivity contribution is -0.149. The zero-order valence-corrected chi connectivity index (χ0v) is 16.0. The molecule has 0 radical (unpaired) electrons. The Morgan fingerprint density at radius 3 is 2.19 bits per heavy atom. The van der Waals surface area contributed by atoms with Gasteiger partial charge in [-0.25, -0.2) is 0 Å². The largest absolute Gasteiger partial charge is 0.469 e. The molecule has 0 amide bonds. The number of unbranched alkanes of at least 4 members (excludes halogenated alkanes) is 2. The van der Waals surface area contributed by atoms with Crippen molar-refractivity contribution in [2.75, 3.05) is 13.7 Å². The maximum Gasteiger partial charge on any atom is 0.311 e. The van der Waals surface area contributed by atoms with Crippen molar-refractivity contribution in [2.24, 2.45) is 5.92 Å². The summed E-state index contributed by atoms with van der Waals surface area (Å²) in [6.45, 7) is 1.33. The maximum atomic E-state index is 12.1. The third-order valence-electron chi connectivity index (χ3n) is 4.67. The van der Waals surface area contributed by atoms with E-state index in [-0.39, 0.29) is 5.97 Å². The summed E-state index contributed by atoms with van der Waals surface area (Å²) in [5, 5.41) is 10.5. The van der Waals surface area contributed by atoms with Crippen LogP contribution in [0.3, 0.4) is 0 Å². The van der Waals surface area contributed by atoms with E-state index in [9.17, 15) is 9.90 Å². The molecule has 2 aromatic carbocycles. The second-order valence-electron chi connectivity index (χ2n) is 6.77. The number of carbonyl (C=O) groups excluding carboxylic acids is 1. The van der Waals surface area contributed by atoms with E-state index in [1.165, 1.54) is 12.7 Å². The molecular formula is C23H30O4. The highest BCUT2D eigenvalue weighted by Crippen LogP contribution is 2.19. The standard InChI is InChI=1S/C23H30O4/c1-26-23(25)21(17-19-11-5-2-6-12-19)22(24)15-9-4-10-16-27-18-20-13-7-3-8-14-20/h2-3,5-8,11-14,21-22,24H,4,9-10,15-18H2,1H3. The Balaban J connectivity index is 1.65. The Labute approximate surface area is 162 Å². The monoisotopic (exact) mass is 370 g/mol. The van der Waals surface area contributed by atoms with Crippen molar-refractivity contribution in [1.29, 1.82) is 0 Å². The Kier molecular flexibility index (Phi) is 9.60. The molecule has 0 aliphatic rings. The lowest BCUT2D eigenvalue weighted by Crippen LogP contribution is -2.31. The van der Waals surface area contributed by atoms with Gasteiger partial charge in [-0.2, -0.15) is 0 Å². The summed E-state index contributed by atoms with van der Waals surface area (Å²) in [6.07, 6.45) is 3.16. The van der Waals surface area contributed by atoms with Crippen LogP contribution in [-0.4, -0.2) is 30.9 Å². The molecule has 2 aromatic rings. The van der Waals surface area contributed by atoms with E-state index in [0.29, 0.717) is 26.1 Å². The minimum absolute atomic E-state index is 0.349. The molecule has 4 heteroatoms. The van der Waals surface area contributed by atoms with Gasteiger partial charge in [0.05, 0.1) is 25.7 Å². The number of aliphatic hydroxyl groups is 1. The molecular weight excluding hydrogens is 340 g/mol. The summed E-state index contributed by atoms with van der Waals surface area (Å²) in [5.41, 5.74) is 2.20. The third-order valence-corrected chi connectivity index (χ3v) is 4.67. The summed E-state index contributed by atoms with van der Waals surface area (Å²) in [4.78, 5) is 12.1. The molecule has 2 unspecified atom stereocenters. The van der Waals surface area contributed by atoms with Gasteiger partial charge in [0.15, 0.2) is 0 Å². The van der Waals surface area contributed by atoms with Crippen LogP contribution >= 0.6 is 0 Å². The predicted octanol–water partition coefficient (Wildman–Crippen LogP) is 4.16. The number of hydrogen-bond acceptors (Lipinski definition) is 4. The van der Waals surface area contributed by atoms with Gasteiger partial charge >= 0.3 is 5.97 Å². The van der Waals surface area contributed by atoms with Crippen LogP contribution in [0, 0.1) is 5.92 Å².